The molecule has 0 heterocycles. The highest BCUT2D eigenvalue weighted by molar-refractivity contribution is 7.75. The van der Waals surface area contributed by atoms with Gasteiger partial charge >= 0.3 is 5.97 Å². The number of hydrogen-bond donors (Lipinski definition) is 2. The van der Waals surface area contributed by atoms with Gasteiger partial charge in [0.25, 0.3) is 0 Å². The lowest BCUT2D eigenvalue weighted by atomic mass is 10.3. The smallest absolute Gasteiger partial charge is 0.347 e. The molecule has 4 heteroatoms. The summed E-state index contributed by atoms with van der Waals surface area (Å²) < 4.78 is 3.90. The van der Waals surface area contributed by atoms with E-state index in [1.54, 1.807) is 0 Å². The van der Waals surface area contributed by atoms with Gasteiger partial charge in [0.2, 0.25) is 0 Å². The second-order valence-electron chi connectivity index (χ2n) is 1.14. The molecule has 0 fully saturated rings. The molecule has 0 bridgehead atoms. The van der Waals surface area contributed by atoms with Gasteiger partial charge in [0.05, 0.1) is 12.2 Å². The summed E-state index contributed by atoms with van der Waals surface area (Å²) >= 11 is 3.19. The fraction of sp³-hybridized carbons (Fsp3) is 0.250. The average molecular weight is 134 g/mol. The van der Waals surface area contributed by atoms with Crippen molar-refractivity contribution in [2.24, 2.45) is 0 Å². The molecule has 8 heavy (non-hydrogen) atoms. The van der Waals surface area contributed by atoms with Crippen molar-refractivity contribution >= 4 is 18.9 Å². The molecule has 0 unspecified atom stereocenters. The van der Waals surface area contributed by atoms with E-state index < -0.39 is 5.97 Å². The van der Waals surface area contributed by atoms with Gasteiger partial charge in [-0.2, -0.15) is 0 Å². The van der Waals surface area contributed by atoms with Gasteiger partial charge < -0.3 is 9.29 Å². The Balaban J connectivity index is 3.64. The highest BCUT2D eigenvalue weighted by Crippen LogP contribution is 1.93. The lowest BCUT2D eigenvalue weighted by Gasteiger charge is -1.93. The van der Waals surface area contributed by atoms with Crippen LogP contribution in [0.5, 0.6) is 0 Å². The molecule has 0 spiro atoms. The van der Waals surface area contributed by atoms with E-state index in [0.29, 0.717) is 0 Å². The number of thiol groups is 1. The summed E-state index contributed by atoms with van der Waals surface area (Å²) in [6, 6.07) is 0. The summed E-state index contributed by atoms with van der Waals surface area (Å²) in [5, 5.41) is 8.20. The molecular formula is C4H6O3S. The molecule has 0 radical (unpaired) electrons. The topological polar surface area (TPSA) is 46.5 Å². The quantitative estimate of drug-likeness (QED) is 0.315. The molecule has 0 saturated carbocycles. The van der Waals surface area contributed by atoms with E-state index in [0.717, 1.165) is 0 Å². The first kappa shape index (κ1) is 7.52. The third kappa shape index (κ3) is 1.99. The zero-order chi connectivity index (χ0) is 6.57. The summed E-state index contributed by atoms with van der Waals surface area (Å²) in [5.41, 5.74) is 0. The van der Waals surface area contributed by atoms with E-state index in [1.165, 1.54) is 0 Å². The largest absolute Gasteiger partial charge is 0.391 e. The van der Waals surface area contributed by atoms with Crippen LogP contribution in [-0.2, 0) is 8.98 Å². The van der Waals surface area contributed by atoms with E-state index in [9.17, 15) is 4.79 Å². The predicted molar refractivity (Wildman–Crippen MR) is 31.3 cm³/mol. The second kappa shape index (κ2) is 3.51. The third-order valence-corrected chi connectivity index (χ3v) is 0.728. The van der Waals surface area contributed by atoms with Gasteiger partial charge in [0, 0.05) is 12.9 Å². The van der Waals surface area contributed by atoms with Gasteiger partial charge in [-0.3, -0.25) is 0 Å². The van der Waals surface area contributed by atoms with Crippen molar-refractivity contribution < 1.29 is 14.1 Å². The van der Waals surface area contributed by atoms with E-state index in [2.05, 4.69) is 23.7 Å². The van der Waals surface area contributed by atoms with E-state index >= 15 is 0 Å². The maximum absolute atomic E-state index is 10.2. The number of hydrogen-bond acceptors (Lipinski definition) is 4. The lowest BCUT2D eigenvalue weighted by molar-refractivity contribution is -0.129. The number of carbonyl (C=O) groups excluding carboxylic acids is 1. The molecule has 0 aromatic heterocycles. The SMILES string of the molecule is C=C(CO)C(=O)OS. The third-order valence-electron chi connectivity index (χ3n) is 0.562. The Bertz CT molecular complexity index is 95.9. The summed E-state index contributed by atoms with van der Waals surface area (Å²) in [6.45, 7) is 2.78. The molecule has 0 atom stereocenters. The average Bonchev–Trinajstić information content (AvgIpc) is 1.84. The van der Waals surface area contributed by atoms with Crippen LogP contribution >= 0.6 is 12.9 Å². The predicted octanol–water partition coefficient (Wildman–Crippen LogP) is -0.0771. The Kier molecular flexibility index (Phi) is 3.30. The fourth-order valence-electron chi connectivity index (χ4n) is 0.129. The molecule has 46 valence electrons. The van der Waals surface area contributed by atoms with Crippen LogP contribution in [0.2, 0.25) is 0 Å². The van der Waals surface area contributed by atoms with Gasteiger partial charge in [0.15, 0.2) is 0 Å². The minimum atomic E-state index is -0.698. The van der Waals surface area contributed by atoms with Gasteiger partial charge in [-0.15, -0.1) is 0 Å². The molecule has 0 aliphatic carbocycles. The molecule has 0 aliphatic heterocycles. The molecule has 3 nitrogen and oxygen atoms in total. The zero-order valence-electron chi connectivity index (χ0n) is 4.13. The maximum atomic E-state index is 10.2. The zero-order valence-corrected chi connectivity index (χ0v) is 5.02. The Hall–Kier alpha value is -0.480. The van der Waals surface area contributed by atoms with Gasteiger partial charge in [-0.1, -0.05) is 6.58 Å². The van der Waals surface area contributed by atoms with Crippen LogP contribution in [-0.4, -0.2) is 17.7 Å². The molecule has 0 aliphatic rings. The van der Waals surface area contributed by atoms with Crippen LogP contribution in [0, 0.1) is 0 Å². The molecule has 0 saturated heterocycles. The minimum Gasteiger partial charge on any atom is -0.391 e. The molecule has 0 amide bonds. The van der Waals surface area contributed by atoms with E-state index in [-0.39, 0.29) is 12.2 Å². The molecular weight excluding hydrogens is 128 g/mol. The highest BCUT2D eigenvalue weighted by atomic mass is 32.1. The fourth-order valence-corrected chi connectivity index (χ4v) is 0.258. The number of carbonyl (C=O) groups is 1. The second-order valence-corrected chi connectivity index (χ2v) is 1.32. The highest BCUT2D eigenvalue weighted by Gasteiger charge is 2.02. The van der Waals surface area contributed by atoms with Crippen molar-refractivity contribution in [1.29, 1.82) is 0 Å². The Morgan fingerprint density at radius 3 is 2.50 bits per heavy atom. The molecule has 0 rings (SSSR count). The number of rotatable bonds is 2. The van der Waals surface area contributed by atoms with Gasteiger partial charge in [-0.05, 0) is 0 Å². The lowest BCUT2D eigenvalue weighted by Crippen LogP contribution is -2.03. The van der Waals surface area contributed by atoms with Crippen molar-refractivity contribution in [1.82, 2.24) is 0 Å². The van der Waals surface area contributed by atoms with Crippen LogP contribution in [0.25, 0.3) is 0 Å². The Morgan fingerprint density at radius 2 is 2.38 bits per heavy atom. The van der Waals surface area contributed by atoms with E-state index in [4.69, 9.17) is 5.11 Å². The molecule has 0 aromatic carbocycles. The monoisotopic (exact) mass is 134 g/mol. The minimum absolute atomic E-state index is 0. The van der Waals surface area contributed by atoms with Gasteiger partial charge in [0.1, 0.15) is 0 Å². The van der Waals surface area contributed by atoms with Crippen LogP contribution in [0.15, 0.2) is 12.2 Å². The first-order valence-corrected chi connectivity index (χ1v) is 2.23. The summed E-state index contributed by atoms with van der Waals surface area (Å²) in [5.74, 6) is -0.698. The summed E-state index contributed by atoms with van der Waals surface area (Å²) in [7, 11) is 0. The Morgan fingerprint density at radius 1 is 1.88 bits per heavy atom. The molecule has 0 aromatic rings. The number of aliphatic hydroxyl groups excluding tert-OH is 1. The summed E-state index contributed by atoms with van der Waals surface area (Å²) in [6.07, 6.45) is 0. The Labute approximate surface area is 52.6 Å². The first-order valence-electron chi connectivity index (χ1n) is 1.86. The first-order chi connectivity index (χ1) is 3.72. The van der Waals surface area contributed by atoms with Crippen molar-refractivity contribution in [3.63, 3.8) is 0 Å². The van der Waals surface area contributed by atoms with Crippen molar-refractivity contribution in [3.8, 4) is 0 Å². The van der Waals surface area contributed by atoms with E-state index in [1.807, 2.05) is 0 Å². The van der Waals surface area contributed by atoms with Crippen LogP contribution < -0.4 is 0 Å². The maximum Gasteiger partial charge on any atom is 0.347 e. The number of aliphatic hydroxyl groups is 1. The van der Waals surface area contributed by atoms with Crippen LogP contribution in [0.3, 0.4) is 0 Å². The molecule has 1 N–H and O–H groups in total. The standard InChI is InChI=1S/C4H6O3S/c1-3(2-5)4(6)7-8/h5,8H,1-2H2. The van der Waals surface area contributed by atoms with Crippen LogP contribution in [0.1, 0.15) is 0 Å². The summed E-state index contributed by atoms with van der Waals surface area (Å²) in [4.78, 5) is 10.2. The van der Waals surface area contributed by atoms with Crippen molar-refractivity contribution in [2.75, 3.05) is 6.61 Å². The normalized spacial score (nSPS) is 8.25. The van der Waals surface area contributed by atoms with Crippen LogP contribution in [0.4, 0.5) is 0 Å². The van der Waals surface area contributed by atoms with Gasteiger partial charge in [-0.25, -0.2) is 4.79 Å². The van der Waals surface area contributed by atoms with Crippen molar-refractivity contribution in [2.45, 2.75) is 0 Å². The van der Waals surface area contributed by atoms with Crippen molar-refractivity contribution in [3.05, 3.63) is 12.2 Å².